The SMILES string of the molecule is O=C(NCc1ccc(OCCOc2ccccc2)nc1)C1CCCO1. The van der Waals surface area contributed by atoms with Gasteiger partial charge in [0.1, 0.15) is 25.1 Å². The Hall–Kier alpha value is -2.60. The Morgan fingerprint density at radius 2 is 2.00 bits per heavy atom. The van der Waals surface area contributed by atoms with E-state index in [1.807, 2.05) is 36.4 Å². The standard InChI is InChI=1S/C19H22N2O4/c22-19(17-7-4-10-24-17)21-14-15-8-9-18(20-13-15)25-12-11-23-16-5-2-1-3-6-16/h1-3,5-6,8-9,13,17H,4,7,10-12,14H2,(H,21,22). The molecule has 6 heteroatoms. The molecule has 1 saturated heterocycles. The minimum absolute atomic E-state index is 0.0594. The van der Waals surface area contributed by atoms with Gasteiger partial charge in [0.15, 0.2) is 0 Å². The molecule has 132 valence electrons. The molecule has 1 aliphatic rings. The Balaban J connectivity index is 1.36. The highest BCUT2D eigenvalue weighted by molar-refractivity contribution is 5.80. The number of ether oxygens (including phenoxy) is 3. The van der Waals surface area contributed by atoms with Crippen molar-refractivity contribution >= 4 is 5.91 Å². The molecule has 25 heavy (non-hydrogen) atoms. The summed E-state index contributed by atoms with van der Waals surface area (Å²) in [6.45, 7) is 1.96. The van der Waals surface area contributed by atoms with Crippen LogP contribution in [-0.2, 0) is 16.1 Å². The van der Waals surface area contributed by atoms with E-state index in [4.69, 9.17) is 14.2 Å². The lowest BCUT2D eigenvalue weighted by molar-refractivity contribution is -0.130. The third-order valence-corrected chi connectivity index (χ3v) is 3.83. The molecule has 1 unspecified atom stereocenters. The van der Waals surface area contributed by atoms with E-state index in [1.54, 1.807) is 12.3 Å². The largest absolute Gasteiger partial charge is 0.490 e. The molecule has 1 amide bonds. The quantitative estimate of drug-likeness (QED) is 0.746. The van der Waals surface area contributed by atoms with E-state index in [-0.39, 0.29) is 12.0 Å². The van der Waals surface area contributed by atoms with E-state index >= 15 is 0 Å². The molecule has 1 fully saturated rings. The van der Waals surface area contributed by atoms with Gasteiger partial charge >= 0.3 is 0 Å². The van der Waals surface area contributed by atoms with Crippen molar-refractivity contribution in [3.63, 3.8) is 0 Å². The zero-order valence-electron chi connectivity index (χ0n) is 14.0. The lowest BCUT2D eigenvalue weighted by Gasteiger charge is -2.11. The molecule has 1 N–H and O–H groups in total. The molecule has 3 rings (SSSR count). The van der Waals surface area contributed by atoms with Crippen molar-refractivity contribution < 1.29 is 19.0 Å². The van der Waals surface area contributed by atoms with Gasteiger partial charge in [0, 0.05) is 25.4 Å². The highest BCUT2D eigenvalue weighted by Gasteiger charge is 2.22. The minimum atomic E-state index is -0.305. The molecule has 1 aromatic heterocycles. The number of carbonyl (C=O) groups excluding carboxylic acids is 1. The molecule has 1 aromatic carbocycles. The summed E-state index contributed by atoms with van der Waals surface area (Å²) in [5, 5.41) is 2.87. The molecule has 0 aliphatic carbocycles. The highest BCUT2D eigenvalue weighted by atomic mass is 16.5. The summed E-state index contributed by atoms with van der Waals surface area (Å²) in [6, 6.07) is 13.3. The van der Waals surface area contributed by atoms with Crippen LogP contribution in [0.4, 0.5) is 0 Å². The number of nitrogens with zero attached hydrogens (tertiary/aromatic N) is 1. The zero-order valence-corrected chi connectivity index (χ0v) is 14.0. The maximum atomic E-state index is 11.9. The summed E-state index contributed by atoms with van der Waals surface area (Å²) >= 11 is 0. The van der Waals surface area contributed by atoms with Gasteiger partial charge < -0.3 is 19.5 Å². The van der Waals surface area contributed by atoms with Gasteiger partial charge in [-0.2, -0.15) is 0 Å². The van der Waals surface area contributed by atoms with E-state index in [2.05, 4.69) is 10.3 Å². The van der Waals surface area contributed by atoms with Crippen molar-refractivity contribution in [2.45, 2.75) is 25.5 Å². The first-order chi connectivity index (χ1) is 12.3. The number of aromatic nitrogens is 1. The van der Waals surface area contributed by atoms with Crippen LogP contribution in [0.25, 0.3) is 0 Å². The Bertz CT molecular complexity index is 655. The average Bonchev–Trinajstić information content (AvgIpc) is 3.20. The number of para-hydroxylation sites is 1. The van der Waals surface area contributed by atoms with E-state index in [0.29, 0.717) is 32.2 Å². The van der Waals surface area contributed by atoms with Crippen molar-refractivity contribution in [3.8, 4) is 11.6 Å². The smallest absolute Gasteiger partial charge is 0.249 e. The summed E-state index contributed by atoms with van der Waals surface area (Å²) in [4.78, 5) is 16.1. The molecule has 1 aliphatic heterocycles. The number of pyridine rings is 1. The van der Waals surface area contributed by atoms with Gasteiger partial charge in [0.05, 0.1) is 0 Å². The lowest BCUT2D eigenvalue weighted by atomic mass is 10.2. The first-order valence-corrected chi connectivity index (χ1v) is 8.46. The number of benzene rings is 1. The van der Waals surface area contributed by atoms with E-state index in [9.17, 15) is 4.79 Å². The van der Waals surface area contributed by atoms with Crippen LogP contribution in [0, 0.1) is 0 Å². The maximum absolute atomic E-state index is 11.9. The van der Waals surface area contributed by atoms with Gasteiger partial charge in [-0.05, 0) is 30.5 Å². The summed E-state index contributed by atoms with van der Waals surface area (Å²) in [5.41, 5.74) is 0.916. The first-order valence-electron chi connectivity index (χ1n) is 8.46. The average molecular weight is 342 g/mol. The summed E-state index contributed by atoms with van der Waals surface area (Å²) in [5.74, 6) is 1.29. The van der Waals surface area contributed by atoms with Gasteiger partial charge in [0.25, 0.3) is 0 Å². The third kappa shape index (κ3) is 5.46. The van der Waals surface area contributed by atoms with E-state index < -0.39 is 0 Å². The molecular weight excluding hydrogens is 320 g/mol. The molecule has 0 bridgehead atoms. The molecule has 0 radical (unpaired) electrons. The zero-order chi connectivity index (χ0) is 17.3. The second-order valence-electron chi connectivity index (χ2n) is 5.73. The number of nitrogens with one attached hydrogen (secondary N) is 1. The van der Waals surface area contributed by atoms with Crippen LogP contribution in [-0.4, -0.2) is 36.8 Å². The third-order valence-electron chi connectivity index (χ3n) is 3.83. The number of hydrogen-bond acceptors (Lipinski definition) is 5. The number of hydrogen-bond donors (Lipinski definition) is 1. The Morgan fingerprint density at radius 1 is 1.16 bits per heavy atom. The number of carbonyl (C=O) groups is 1. The molecule has 1 atom stereocenters. The second-order valence-corrected chi connectivity index (χ2v) is 5.73. The summed E-state index contributed by atoms with van der Waals surface area (Å²) < 4.78 is 16.4. The Labute approximate surface area is 147 Å². The monoisotopic (exact) mass is 342 g/mol. The van der Waals surface area contributed by atoms with Crippen LogP contribution in [0.3, 0.4) is 0 Å². The highest BCUT2D eigenvalue weighted by Crippen LogP contribution is 2.13. The normalized spacial score (nSPS) is 16.4. The number of amides is 1. The fourth-order valence-corrected chi connectivity index (χ4v) is 2.51. The second kappa shape index (κ2) is 9.03. The van der Waals surface area contributed by atoms with Gasteiger partial charge in [-0.25, -0.2) is 4.98 Å². The molecule has 2 heterocycles. The molecule has 0 saturated carbocycles. The van der Waals surface area contributed by atoms with Crippen LogP contribution in [0.2, 0.25) is 0 Å². The summed E-state index contributed by atoms with van der Waals surface area (Å²) in [6.07, 6.45) is 3.13. The fraction of sp³-hybridized carbons (Fsp3) is 0.368. The van der Waals surface area contributed by atoms with Crippen molar-refractivity contribution in [2.75, 3.05) is 19.8 Å². The van der Waals surface area contributed by atoms with Crippen molar-refractivity contribution in [2.24, 2.45) is 0 Å². The maximum Gasteiger partial charge on any atom is 0.249 e. The van der Waals surface area contributed by atoms with Crippen molar-refractivity contribution in [1.82, 2.24) is 10.3 Å². The van der Waals surface area contributed by atoms with Crippen LogP contribution < -0.4 is 14.8 Å². The number of rotatable bonds is 8. The molecular formula is C19H22N2O4. The van der Waals surface area contributed by atoms with E-state index in [0.717, 1.165) is 24.2 Å². The van der Waals surface area contributed by atoms with Gasteiger partial charge in [-0.1, -0.05) is 24.3 Å². The molecule has 0 spiro atoms. The van der Waals surface area contributed by atoms with Gasteiger partial charge in [-0.15, -0.1) is 0 Å². The Morgan fingerprint density at radius 3 is 2.72 bits per heavy atom. The lowest BCUT2D eigenvalue weighted by Crippen LogP contribution is -2.33. The van der Waals surface area contributed by atoms with Crippen LogP contribution in [0.15, 0.2) is 48.7 Å². The van der Waals surface area contributed by atoms with Crippen LogP contribution >= 0.6 is 0 Å². The predicted octanol–water partition coefficient (Wildman–Crippen LogP) is 2.33. The predicted molar refractivity (Wildman–Crippen MR) is 92.5 cm³/mol. The van der Waals surface area contributed by atoms with Crippen molar-refractivity contribution in [1.29, 1.82) is 0 Å². The molecule has 2 aromatic rings. The molecule has 6 nitrogen and oxygen atoms in total. The Kier molecular flexibility index (Phi) is 6.23. The van der Waals surface area contributed by atoms with Gasteiger partial charge in [0.2, 0.25) is 11.8 Å². The van der Waals surface area contributed by atoms with E-state index in [1.165, 1.54) is 0 Å². The fourth-order valence-electron chi connectivity index (χ4n) is 2.51. The first kappa shape index (κ1) is 17.2. The van der Waals surface area contributed by atoms with Gasteiger partial charge in [-0.3, -0.25) is 4.79 Å². The van der Waals surface area contributed by atoms with Crippen LogP contribution in [0.5, 0.6) is 11.6 Å². The van der Waals surface area contributed by atoms with Crippen LogP contribution in [0.1, 0.15) is 18.4 Å². The van der Waals surface area contributed by atoms with Crippen molar-refractivity contribution in [3.05, 3.63) is 54.2 Å². The minimum Gasteiger partial charge on any atom is -0.490 e. The summed E-state index contributed by atoms with van der Waals surface area (Å²) in [7, 11) is 0. The topological polar surface area (TPSA) is 69.7 Å².